The van der Waals surface area contributed by atoms with Crippen LogP contribution in [0.15, 0.2) is 59.2 Å². The summed E-state index contributed by atoms with van der Waals surface area (Å²) in [5.74, 6) is 0.877. The van der Waals surface area contributed by atoms with Crippen molar-refractivity contribution in [1.29, 1.82) is 0 Å². The Hall–Kier alpha value is -2.09. The zero-order valence-corrected chi connectivity index (χ0v) is 15.1. The van der Waals surface area contributed by atoms with Crippen LogP contribution < -0.4 is 9.13 Å². The molecule has 0 saturated heterocycles. The van der Waals surface area contributed by atoms with Gasteiger partial charge in [0.1, 0.15) is 29.9 Å². The predicted octanol–water partition coefficient (Wildman–Crippen LogP) is 3.93. The third-order valence-corrected chi connectivity index (χ3v) is 4.78. The smallest absolute Gasteiger partial charge is 0.253 e. The Balaban J connectivity index is 1.93. The summed E-state index contributed by atoms with van der Waals surface area (Å²) in [6.45, 7) is 13.3. The fourth-order valence-electron chi connectivity index (χ4n) is 4.11. The van der Waals surface area contributed by atoms with Gasteiger partial charge in [0.15, 0.2) is 0 Å². The van der Waals surface area contributed by atoms with Crippen LogP contribution in [0.5, 0.6) is 0 Å². The zero-order valence-electron chi connectivity index (χ0n) is 15.1. The fraction of sp³-hybridized carbons (Fsp3) is 0.381. The van der Waals surface area contributed by atoms with Gasteiger partial charge in [-0.1, -0.05) is 31.1 Å². The third kappa shape index (κ3) is 2.90. The van der Waals surface area contributed by atoms with Crippen LogP contribution >= 0.6 is 0 Å². The van der Waals surface area contributed by atoms with Crippen molar-refractivity contribution in [3.63, 3.8) is 0 Å². The molecule has 2 aliphatic rings. The number of nitrogens with zero attached hydrogens (tertiary/aromatic N) is 2. The van der Waals surface area contributed by atoms with Crippen LogP contribution in [-0.4, -0.2) is 0 Å². The lowest BCUT2D eigenvalue weighted by Crippen LogP contribution is -2.47. The van der Waals surface area contributed by atoms with Crippen molar-refractivity contribution in [2.75, 3.05) is 0 Å². The molecule has 1 aromatic rings. The summed E-state index contributed by atoms with van der Waals surface area (Å²) in [4.78, 5) is 0. The SMILES string of the molecule is CC1=CC(C)[C-]([n+]2c[cH-][n+](C3=C(C)[CH+]C(C)=CC3C)c2)C(C)=C1. The van der Waals surface area contributed by atoms with Gasteiger partial charge in [-0.05, 0) is 27.7 Å². The first-order chi connectivity index (χ1) is 10.9. The van der Waals surface area contributed by atoms with E-state index in [2.05, 4.69) is 94.0 Å². The second-order valence-electron chi connectivity index (χ2n) is 7.05. The van der Waals surface area contributed by atoms with Crippen LogP contribution in [0.2, 0.25) is 0 Å². The Morgan fingerprint density at radius 3 is 2.52 bits per heavy atom. The molecule has 1 heterocycles. The van der Waals surface area contributed by atoms with Gasteiger partial charge in [-0.25, -0.2) is 0 Å². The number of allylic oxidation sites excluding steroid dienone is 8. The van der Waals surface area contributed by atoms with E-state index in [1.165, 1.54) is 34.0 Å². The van der Waals surface area contributed by atoms with Crippen molar-refractivity contribution < 1.29 is 9.13 Å². The van der Waals surface area contributed by atoms with E-state index < -0.39 is 0 Å². The van der Waals surface area contributed by atoms with Gasteiger partial charge in [0.25, 0.3) is 5.70 Å². The predicted molar refractivity (Wildman–Crippen MR) is 93.9 cm³/mol. The molecule has 0 fully saturated rings. The average Bonchev–Trinajstić information content (AvgIpc) is 2.85. The molecule has 23 heavy (non-hydrogen) atoms. The summed E-state index contributed by atoms with van der Waals surface area (Å²) >= 11 is 0. The van der Waals surface area contributed by atoms with Gasteiger partial charge in [0, 0.05) is 12.0 Å². The van der Waals surface area contributed by atoms with E-state index in [1.54, 1.807) is 0 Å². The van der Waals surface area contributed by atoms with E-state index in [0.717, 1.165) is 0 Å². The second-order valence-corrected chi connectivity index (χ2v) is 7.05. The standard InChI is InChI=1S/C21H27N2/c1-14-9-16(3)20(17(4)10-14)22-7-8-23(13-22)21-18(5)11-15(2)12-19(21)6/h7-13,16,18H,1-6H3/q+1. The molecular formula is C21H27N2+. The highest BCUT2D eigenvalue weighted by atomic mass is 15.1. The molecule has 1 aromatic heterocycles. The molecule has 0 bridgehead atoms. The first-order valence-corrected chi connectivity index (χ1v) is 8.44. The maximum absolute atomic E-state index is 2.33. The van der Waals surface area contributed by atoms with Crippen LogP contribution in [0.4, 0.5) is 0 Å². The molecule has 0 spiro atoms. The highest BCUT2D eigenvalue weighted by Gasteiger charge is 2.33. The number of rotatable bonds is 2. The minimum Gasteiger partial charge on any atom is -0.253 e. The molecule has 0 aromatic carbocycles. The average molecular weight is 307 g/mol. The van der Waals surface area contributed by atoms with Crippen molar-refractivity contribution >= 4 is 5.70 Å². The quantitative estimate of drug-likeness (QED) is 0.578. The van der Waals surface area contributed by atoms with Gasteiger partial charge in [-0.3, -0.25) is 4.57 Å². The van der Waals surface area contributed by atoms with E-state index in [-0.39, 0.29) is 0 Å². The lowest BCUT2D eigenvalue weighted by Gasteiger charge is -2.25. The molecule has 0 amide bonds. The molecule has 120 valence electrons. The Labute approximate surface area is 140 Å². The highest BCUT2D eigenvalue weighted by Crippen LogP contribution is 2.29. The molecule has 2 nitrogen and oxygen atoms in total. The van der Waals surface area contributed by atoms with Gasteiger partial charge < -0.3 is 0 Å². The molecule has 0 saturated carbocycles. The number of hydrogen-bond acceptors (Lipinski definition) is 0. The molecule has 3 rings (SSSR count). The van der Waals surface area contributed by atoms with E-state index >= 15 is 0 Å². The summed E-state index contributed by atoms with van der Waals surface area (Å²) < 4.78 is 4.55. The van der Waals surface area contributed by atoms with E-state index in [0.29, 0.717) is 11.8 Å². The summed E-state index contributed by atoms with van der Waals surface area (Å²) in [5, 5.41) is 0. The molecule has 2 atom stereocenters. The van der Waals surface area contributed by atoms with E-state index in [9.17, 15) is 0 Å². The summed E-state index contributed by atoms with van der Waals surface area (Å²) in [6, 6.07) is 1.37. The van der Waals surface area contributed by atoms with Crippen LogP contribution in [0, 0.1) is 24.3 Å². The van der Waals surface area contributed by atoms with E-state index in [1.807, 2.05) is 0 Å². The van der Waals surface area contributed by atoms with Crippen LogP contribution in [-0.2, 0) is 0 Å². The summed E-state index contributed by atoms with van der Waals surface area (Å²) in [6.07, 6.45) is 15.8. The monoisotopic (exact) mass is 307 g/mol. The van der Waals surface area contributed by atoms with Gasteiger partial charge in [0.05, 0.1) is 12.0 Å². The van der Waals surface area contributed by atoms with Gasteiger partial charge in [0.2, 0.25) is 0 Å². The fourth-order valence-corrected chi connectivity index (χ4v) is 4.11. The molecule has 0 N–H and O–H groups in total. The maximum atomic E-state index is 2.33. The Morgan fingerprint density at radius 1 is 1.13 bits per heavy atom. The summed E-state index contributed by atoms with van der Waals surface area (Å²) in [5.41, 5.74) is 6.78. The number of aromatic nitrogens is 2. The molecule has 2 unspecified atom stereocenters. The first-order valence-electron chi connectivity index (χ1n) is 8.44. The maximum Gasteiger partial charge on any atom is 0.320 e. The largest absolute Gasteiger partial charge is 0.320 e. The highest BCUT2D eigenvalue weighted by molar-refractivity contribution is 5.55. The lowest BCUT2D eigenvalue weighted by atomic mass is 9.87. The lowest BCUT2D eigenvalue weighted by molar-refractivity contribution is -0.729. The minimum atomic E-state index is 0.438. The van der Waals surface area contributed by atoms with Gasteiger partial charge in [-0.2, -0.15) is 4.57 Å². The van der Waals surface area contributed by atoms with Gasteiger partial charge in [-0.15, -0.1) is 6.08 Å². The number of imidazole rings is 1. The first kappa shape index (κ1) is 15.8. The van der Waals surface area contributed by atoms with Crippen LogP contribution in [0.3, 0.4) is 0 Å². The van der Waals surface area contributed by atoms with Crippen LogP contribution in [0.25, 0.3) is 5.70 Å². The van der Waals surface area contributed by atoms with Crippen molar-refractivity contribution in [3.8, 4) is 0 Å². The molecule has 2 heteroatoms. The topological polar surface area (TPSA) is 7.76 Å². The van der Waals surface area contributed by atoms with Crippen LogP contribution in [0.1, 0.15) is 41.5 Å². The second kappa shape index (κ2) is 5.84. The van der Waals surface area contributed by atoms with Crippen molar-refractivity contribution in [2.45, 2.75) is 41.5 Å². The Kier molecular flexibility index (Phi) is 4.01. The molecule has 2 aliphatic carbocycles. The summed E-state index contributed by atoms with van der Waals surface area (Å²) in [7, 11) is 0. The van der Waals surface area contributed by atoms with Crippen molar-refractivity contribution in [2.24, 2.45) is 11.8 Å². The van der Waals surface area contributed by atoms with Crippen molar-refractivity contribution in [1.82, 2.24) is 0 Å². The normalized spacial score (nSPS) is 25.0. The van der Waals surface area contributed by atoms with Gasteiger partial charge >= 0.3 is 6.33 Å². The van der Waals surface area contributed by atoms with Crippen molar-refractivity contribution in [3.05, 3.63) is 71.7 Å². The third-order valence-electron chi connectivity index (χ3n) is 4.78. The molecule has 0 aliphatic heterocycles. The molecule has 0 radical (unpaired) electrons. The van der Waals surface area contributed by atoms with E-state index in [4.69, 9.17) is 0 Å². The minimum absolute atomic E-state index is 0.438. The Bertz CT molecular complexity index is 740. The Morgan fingerprint density at radius 2 is 1.87 bits per heavy atom. The number of hydrogen-bond donors (Lipinski definition) is 0. The zero-order chi connectivity index (χ0) is 16.7. The molecular weight excluding hydrogens is 280 g/mol.